The van der Waals surface area contributed by atoms with Gasteiger partial charge in [0.2, 0.25) is 0 Å². The van der Waals surface area contributed by atoms with Crippen molar-refractivity contribution in [3.05, 3.63) is 95.3 Å². The summed E-state index contributed by atoms with van der Waals surface area (Å²) < 4.78 is 0. The molecule has 1 aliphatic rings. The summed E-state index contributed by atoms with van der Waals surface area (Å²) in [4.78, 5) is 31.4. The molecule has 3 aromatic rings. The van der Waals surface area contributed by atoms with Crippen LogP contribution in [0.15, 0.2) is 73.1 Å². The molecule has 0 unspecified atom stereocenters. The molecule has 0 spiro atoms. The summed E-state index contributed by atoms with van der Waals surface area (Å²) in [6, 6.07) is 18.6. The number of pyridine rings is 1. The molecule has 140 valence electrons. The van der Waals surface area contributed by atoms with Gasteiger partial charge >= 0.3 is 0 Å². The molecule has 5 heteroatoms. The van der Waals surface area contributed by atoms with Crippen LogP contribution in [0, 0.1) is 0 Å². The second-order valence-corrected chi connectivity index (χ2v) is 6.81. The zero-order valence-corrected chi connectivity index (χ0v) is 15.5. The third-order valence-corrected chi connectivity index (χ3v) is 4.93. The summed E-state index contributed by atoms with van der Waals surface area (Å²) in [7, 11) is 0. The van der Waals surface area contributed by atoms with E-state index in [1.165, 1.54) is 5.56 Å². The molecule has 0 aliphatic carbocycles. The predicted molar refractivity (Wildman–Crippen MR) is 108 cm³/mol. The van der Waals surface area contributed by atoms with Gasteiger partial charge in [0.15, 0.2) is 0 Å². The average Bonchev–Trinajstić information content (AvgIpc) is 2.77. The van der Waals surface area contributed by atoms with Crippen LogP contribution in [0.5, 0.6) is 0 Å². The van der Waals surface area contributed by atoms with Crippen LogP contribution in [0.2, 0.25) is 0 Å². The van der Waals surface area contributed by atoms with Crippen molar-refractivity contribution in [1.82, 2.24) is 10.3 Å². The highest BCUT2D eigenvalue weighted by atomic mass is 16.2. The first-order valence-corrected chi connectivity index (χ1v) is 9.39. The number of aryl methyl sites for hydroxylation is 1. The number of para-hydroxylation sites is 1. The monoisotopic (exact) mass is 371 g/mol. The van der Waals surface area contributed by atoms with E-state index in [2.05, 4.69) is 16.4 Å². The molecule has 28 heavy (non-hydrogen) atoms. The normalized spacial score (nSPS) is 12.9. The minimum Gasteiger partial charge on any atom is -0.348 e. The van der Waals surface area contributed by atoms with Crippen molar-refractivity contribution in [2.75, 3.05) is 11.4 Å². The van der Waals surface area contributed by atoms with Crippen molar-refractivity contribution >= 4 is 17.5 Å². The van der Waals surface area contributed by atoms with Gasteiger partial charge in [-0.2, -0.15) is 0 Å². The van der Waals surface area contributed by atoms with Gasteiger partial charge < -0.3 is 10.2 Å². The first-order chi connectivity index (χ1) is 13.7. The van der Waals surface area contributed by atoms with Gasteiger partial charge in [0, 0.05) is 42.3 Å². The van der Waals surface area contributed by atoms with E-state index in [9.17, 15) is 9.59 Å². The molecule has 4 rings (SSSR count). The lowest BCUT2D eigenvalue weighted by atomic mass is 10.0. The Hall–Kier alpha value is -3.47. The number of amides is 2. The maximum absolute atomic E-state index is 13.1. The van der Waals surface area contributed by atoms with E-state index in [-0.39, 0.29) is 11.8 Å². The van der Waals surface area contributed by atoms with Gasteiger partial charge in [0.05, 0.1) is 0 Å². The maximum atomic E-state index is 13.1. The Morgan fingerprint density at radius 3 is 2.61 bits per heavy atom. The Kier molecular flexibility index (Phi) is 5.15. The summed E-state index contributed by atoms with van der Waals surface area (Å²) in [5, 5.41) is 2.88. The van der Waals surface area contributed by atoms with Crippen molar-refractivity contribution in [3.63, 3.8) is 0 Å². The molecule has 0 saturated heterocycles. The molecule has 2 amide bonds. The van der Waals surface area contributed by atoms with Crippen molar-refractivity contribution in [1.29, 1.82) is 0 Å². The molecule has 2 aromatic carbocycles. The minimum absolute atomic E-state index is 0.0732. The van der Waals surface area contributed by atoms with Gasteiger partial charge in [-0.15, -0.1) is 0 Å². The van der Waals surface area contributed by atoms with Gasteiger partial charge in [-0.1, -0.05) is 24.3 Å². The zero-order valence-electron chi connectivity index (χ0n) is 15.5. The second-order valence-electron chi connectivity index (χ2n) is 6.81. The largest absolute Gasteiger partial charge is 0.348 e. The number of hydrogen-bond donors (Lipinski definition) is 1. The van der Waals surface area contributed by atoms with Gasteiger partial charge in [0.25, 0.3) is 11.8 Å². The van der Waals surface area contributed by atoms with E-state index in [0.29, 0.717) is 24.2 Å². The van der Waals surface area contributed by atoms with Crippen LogP contribution in [0.1, 0.15) is 38.3 Å². The number of nitrogens with zero attached hydrogens (tertiary/aromatic N) is 2. The van der Waals surface area contributed by atoms with Gasteiger partial charge in [0.1, 0.15) is 0 Å². The van der Waals surface area contributed by atoms with Crippen LogP contribution in [-0.2, 0) is 13.0 Å². The standard InChI is InChI=1S/C23H21N3O2/c27-22(25-16-17-10-12-24-13-11-17)19-6-3-7-20(15-19)23(28)26-14-4-8-18-5-1-2-9-21(18)26/h1-3,5-7,9-13,15H,4,8,14,16H2,(H,25,27). The lowest BCUT2D eigenvalue weighted by molar-refractivity contribution is 0.0951. The Morgan fingerprint density at radius 2 is 1.75 bits per heavy atom. The molecule has 5 nitrogen and oxygen atoms in total. The summed E-state index contributed by atoms with van der Waals surface area (Å²) in [6.07, 6.45) is 5.31. The van der Waals surface area contributed by atoms with Crippen LogP contribution in [0.4, 0.5) is 5.69 Å². The number of nitrogens with one attached hydrogen (secondary N) is 1. The molecule has 1 aliphatic heterocycles. The first kappa shape index (κ1) is 17.9. The number of carbonyl (C=O) groups is 2. The Morgan fingerprint density at radius 1 is 0.964 bits per heavy atom. The molecule has 0 saturated carbocycles. The molecule has 0 radical (unpaired) electrons. The zero-order chi connectivity index (χ0) is 19.3. The minimum atomic E-state index is -0.203. The topological polar surface area (TPSA) is 62.3 Å². The number of carbonyl (C=O) groups excluding carboxylic acids is 2. The highest BCUT2D eigenvalue weighted by Gasteiger charge is 2.23. The summed E-state index contributed by atoms with van der Waals surface area (Å²) in [6.45, 7) is 1.10. The Balaban J connectivity index is 1.51. The first-order valence-electron chi connectivity index (χ1n) is 9.39. The molecule has 0 bridgehead atoms. The average molecular weight is 371 g/mol. The quantitative estimate of drug-likeness (QED) is 0.762. The summed E-state index contributed by atoms with van der Waals surface area (Å²) in [5.74, 6) is -0.276. The fraction of sp³-hybridized carbons (Fsp3) is 0.174. The van der Waals surface area contributed by atoms with Crippen LogP contribution < -0.4 is 10.2 Å². The van der Waals surface area contributed by atoms with Gasteiger partial charge in [-0.05, 0) is 60.4 Å². The van der Waals surface area contributed by atoms with Crippen LogP contribution >= 0.6 is 0 Å². The maximum Gasteiger partial charge on any atom is 0.258 e. The fourth-order valence-electron chi connectivity index (χ4n) is 3.48. The van der Waals surface area contributed by atoms with E-state index in [1.54, 1.807) is 36.7 Å². The highest BCUT2D eigenvalue weighted by molar-refractivity contribution is 6.08. The van der Waals surface area contributed by atoms with Crippen molar-refractivity contribution in [3.8, 4) is 0 Å². The predicted octanol–water partition coefficient (Wildman–Crippen LogP) is 3.60. The molecule has 2 heterocycles. The molecule has 1 N–H and O–H groups in total. The van der Waals surface area contributed by atoms with Crippen molar-refractivity contribution in [2.45, 2.75) is 19.4 Å². The second kappa shape index (κ2) is 8.05. The smallest absolute Gasteiger partial charge is 0.258 e. The van der Waals surface area contributed by atoms with E-state index < -0.39 is 0 Å². The molecule has 0 atom stereocenters. The lowest BCUT2D eigenvalue weighted by Gasteiger charge is -2.29. The van der Waals surface area contributed by atoms with Crippen LogP contribution in [0.25, 0.3) is 0 Å². The fourth-order valence-corrected chi connectivity index (χ4v) is 3.48. The highest BCUT2D eigenvalue weighted by Crippen LogP contribution is 2.28. The van der Waals surface area contributed by atoms with Gasteiger partial charge in [-0.3, -0.25) is 14.6 Å². The summed E-state index contributed by atoms with van der Waals surface area (Å²) >= 11 is 0. The number of anilines is 1. The number of hydrogen-bond acceptors (Lipinski definition) is 3. The summed E-state index contributed by atoms with van der Waals surface area (Å²) in [5.41, 5.74) is 4.12. The third-order valence-electron chi connectivity index (χ3n) is 4.93. The van der Waals surface area contributed by atoms with E-state index in [0.717, 1.165) is 24.1 Å². The Bertz CT molecular complexity index is 1000. The number of fused-ring (bicyclic) bond motifs is 1. The van der Waals surface area contributed by atoms with Crippen LogP contribution in [0.3, 0.4) is 0 Å². The molecule has 1 aromatic heterocycles. The van der Waals surface area contributed by atoms with Crippen LogP contribution in [-0.4, -0.2) is 23.3 Å². The number of rotatable bonds is 4. The van der Waals surface area contributed by atoms with Crippen molar-refractivity contribution in [2.24, 2.45) is 0 Å². The van der Waals surface area contributed by atoms with Gasteiger partial charge in [-0.25, -0.2) is 0 Å². The van der Waals surface area contributed by atoms with E-state index >= 15 is 0 Å². The Labute approximate surface area is 164 Å². The van der Waals surface area contributed by atoms with E-state index in [1.807, 2.05) is 35.2 Å². The SMILES string of the molecule is O=C(NCc1ccncc1)c1cccc(C(=O)N2CCCc3ccccc32)c1. The van der Waals surface area contributed by atoms with Crippen molar-refractivity contribution < 1.29 is 9.59 Å². The molecular weight excluding hydrogens is 350 g/mol. The number of benzene rings is 2. The lowest BCUT2D eigenvalue weighted by Crippen LogP contribution is -2.35. The molecular formula is C23H21N3O2. The number of aromatic nitrogens is 1. The third kappa shape index (κ3) is 3.78. The molecule has 0 fully saturated rings. The van der Waals surface area contributed by atoms with E-state index in [4.69, 9.17) is 0 Å².